The fourth-order valence-electron chi connectivity index (χ4n) is 3.31. The molecule has 1 atom stereocenters. The minimum Gasteiger partial charge on any atom is -0.497 e. The Morgan fingerprint density at radius 1 is 1.23 bits per heavy atom. The molecule has 1 fully saturated rings. The van der Waals surface area contributed by atoms with Crippen LogP contribution in [0.15, 0.2) is 53.5 Å². The van der Waals surface area contributed by atoms with Gasteiger partial charge in [0.05, 0.1) is 12.8 Å². The van der Waals surface area contributed by atoms with Crippen molar-refractivity contribution < 1.29 is 14.3 Å². The number of amidine groups is 1. The first-order chi connectivity index (χ1) is 12.7. The monoisotopic (exact) mass is 351 g/mol. The molecule has 0 bridgehead atoms. The molecule has 2 aliphatic rings. The van der Waals surface area contributed by atoms with E-state index < -0.39 is 6.09 Å². The maximum atomic E-state index is 12.2. The molecule has 0 aliphatic carbocycles. The van der Waals surface area contributed by atoms with E-state index in [9.17, 15) is 4.79 Å². The number of aliphatic imine (C=N–C) groups is 1. The van der Waals surface area contributed by atoms with Gasteiger partial charge >= 0.3 is 6.09 Å². The molecule has 0 spiro atoms. The van der Waals surface area contributed by atoms with Gasteiger partial charge in [-0.2, -0.15) is 0 Å². The topological polar surface area (TPSA) is 63.2 Å². The Balaban J connectivity index is 1.36. The van der Waals surface area contributed by atoms with Crippen molar-refractivity contribution in [1.82, 2.24) is 10.2 Å². The summed E-state index contributed by atoms with van der Waals surface area (Å²) in [7, 11) is 1.63. The molecule has 0 radical (unpaired) electrons. The highest BCUT2D eigenvalue weighted by molar-refractivity contribution is 5.93. The fraction of sp³-hybridized carbons (Fsp3) is 0.300. The van der Waals surface area contributed by atoms with Crippen molar-refractivity contribution in [3.05, 3.63) is 59.7 Å². The first-order valence-corrected chi connectivity index (χ1v) is 8.72. The molecule has 0 aromatic heterocycles. The molecule has 1 saturated heterocycles. The van der Waals surface area contributed by atoms with Gasteiger partial charge in [0.1, 0.15) is 11.6 Å². The third kappa shape index (κ3) is 3.35. The van der Waals surface area contributed by atoms with Crippen molar-refractivity contribution in [2.24, 2.45) is 4.99 Å². The van der Waals surface area contributed by atoms with Crippen LogP contribution in [0.5, 0.6) is 5.75 Å². The highest BCUT2D eigenvalue weighted by atomic mass is 16.6. The van der Waals surface area contributed by atoms with Crippen LogP contribution in [0.4, 0.5) is 10.5 Å². The smallest absolute Gasteiger partial charge is 0.408 e. The summed E-state index contributed by atoms with van der Waals surface area (Å²) < 4.78 is 10.7. The molecule has 0 saturated carbocycles. The summed E-state index contributed by atoms with van der Waals surface area (Å²) in [5.74, 6) is 1.64. The molecule has 1 amide bonds. The number of benzene rings is 2. The summed E-state index contributed by atoms with van der Waals surface area (Å²) in [6, 6.07) is 15.7. The van der Waals surface area contributed by atoms with Gasteiger partial charge in [0.25, 0.3) is 0 Å². The average molecular weight is 351 g/mol. The Labute approximate surface area is 152 Å². The van der Waals surface area contributed by atoms with E-state index in [0.717, 1.165) is 42.3 Å². The molecule has 6 heteroatoms. The van der Waals surface area contributed by atoms with Crippen molar-refractivity contribution >= 4 is 17.6 Å². The number of rotatable bonds is 4. The van der Waals surface area contributed by atoms with E-state index in [2.05, 4.69) is 16.3 Å². The predicted molar refractivity (Wildman–Crippen MR) is 98.7 cm³/mol. The largest absolute Gasteiger partial charge is 0.497 e. The van der Waals surface area contributed by atoms with Crippen LogP contribution in [0.25, 0.3) is 0 Å². The number of alkyl carbamates (subject to hydrolysis) is 1. The summed E-state index contributed by atoms with van der Waals surface area (Å²) in [5.41, 5.74) is 3.16. The van der Waals surface area contributed by atoms with Crippen molar-refractivity contribution in [2.45, 2.75) is 25.6 Å². The van der Waals surface area contributed by atoms with E-state index in [0.29, 0.717) is 6.54 Å². The van der Waals surface area contributed by atoms with Gasteiger partial charge in [0.2, 0.25) is 0 Å². The number of fused-ring (bicyclic) bond motifs is 2. The predicted octanol–water partition coefficient (Wildman–Crippen LogP) is 3.24. The number of hydrogen-bond donors (Lipinski definition) is 1. The second-order valence-corrected chi connectivity index (χ2v) is 6.40. The van der Waals surface area contributed by atoms with Crippen LogP contribution < -0.4 is 10.1 Å². The van der Waals surface area contributed by atoms with Crippen LogP contribution >= 0.6 is 0 Å². The molecule has 4 rings (SSSR count). The van der Waals surface area contributed by atoms with Crippen LogP contribution in [-0.2, 0) is 17.8 Å². The quantitative estimate of drug-likeness (QED) is 0.918. The van der Waals surface area contributed by atoms with E-state index in [4.69, 9.17) is 14.5 Å². The van der Waals surface area contributed by atoms with Crippen LogP contribution in [0.1, 0.15) is 17.5 Å². The Bertz CT molecular complexity index is 832. The number of para-hydroxylation sites is 1. The van der Waals surface area contributed by atoms with Crippen LogP contribution in [0, 0.1) is 0 Å². The Morgan fingerprint density at radius 3 is 2.85 bits per heavy atom. The summed E-state index contributed by atoms with van der Waals surface area (Å²) in [4.78, 5) is 19.1. The Hall–Kier alpha value is -3.02. The fourth-order valence-corrected chi connectivity index (χ4v) is 3.31. The maximum Gasteiger partial charge on any atom is 0.408 e. The van der Waals surface area contributed by atoms with Gasteiger partial charge < -0.3 is 19.7 Å². The summed E-state index contributed by atoms with van der Waals surface area (Å²) in [6.45, 7) is 2.08. The average Bonchev–Trinajstić information content (AvgIpc) is 3.06. The molecule has 2 aliphatic heterocycles. The molecular formula is C20H21N3O3. The van der Waals surface area contributed by atoms with E-state index in [1.807, 2.05) is 42.5 Å². The minimum absolute atomic E-state index is 0.292. The number of hydrogen-bond acceptors (Lipinski definition) is 5. The van der Waals surface area contributed by atoms with Gasteiger partial charge in [-0.3, -0.25) is 0 Å². The Morgan fingerprint density at radius 2 is 2.04 bits per heavy atom. The zero-order valence-electron chi connectivity index (χ0n) is 14.6. The van der Waals surface area contributed by atoms with Gasteiger partial charge in [-0.05, 0) is 29.3 Å². The number of carbonyl (C=O) groups is 1. The van der Waals surface area contributed by atoms with E-state index >= 15 is 0 Å². The van der Waals surface area contributed by atoms with Crippen molar-refractivity contribution in [2.75, 3.05) is 13.7 Å². The molecular weight excluding hydrogens is 330 g/mol. The summed E-state index contributed by atoms with van der Waals surface area (Å²) >= 11 is 0. The molecule has 2 aromatic rings. The van der Waals surface area contributed by atoms with E-state index in [1.54, 1.807) is 7.11 Å². The lowest BCUT2D eigenvalue weighted by Crippen LogP contribution is -2.36. The zero-order chi connectivity index (χ0) is 17.9. The summed E-state index contributed by atoms with van der Waals surface area (Å²) in [6.07, 6.45) is 0.0522. The molecule has 6 nitrogen and oxygen atoms in total. The standard InChI is InChI=1S/C20H21N3O3/c1-25-16-8-6-14(7-9-16)12-21-20(24)26-18-10-11-23-13-15-4-2-3-5-17(15)22-19(18)23/h2-9,18H,10-13H2,1H3,(H,21,24)/t18-/m1/s1. The van der Waals surface area contributed by atoms with Gasteiger partial charge in [0, 0.05) is 26.1 Å². The van der Waals surface area contributed by atoms with E-state index in [-0.39, 0.29) is 6.10 Å². The first-order valence-electron chi connectivity index (χ1n) is 8.72. The lowest BCUT2D eigenvalue weighted by atomic mass is 10.1. The number of ether oxygens (including phenoxy) is 2. The number of amides is 1. The third-order valence-electron chi connectivity index (χ3n) is 4.71. The SMILES string of the molecule is COc1ccc(CNC(=O)O[C@@H]2CCN3Cc4ccccc4N=C23)cc1. The maximum absolute atomic E-state index is 12.2. The normalized spacial score (nSPS) is 17.8. The molecule has 2 aromatic carbocycles. The number of nitrogens with one attached hydrogen (secondary N) is 1. The second kappa shape index (κ2) is 7.07. The number of methoxy groups -OCH3 is 1. The lowest BCUT2D eigenvalue weighted by molar-refractivity contribution is 0.127. The lowest BCUT2D eigenvalue weighted by Gasteiger charge is -2.26. The number of nitrogens with zero attached hydrogens (tertiary/aromatic N) is 2. The van der Waals surface area contributed by atoms with Crippen LogP contribution in [-0.4, -0.2) is 36.6 Å². The second-order valence-electron chi connectivity index (χ2n) is 6.40. The zero-order valence-corrected chi connectivity index (χ0v) is 14.6. The van der Waals surface area contributed by atoms with Crippen molar-refractivity contribution in [1.29, 1.82) is 0 Å². The van der Waals surface area contributed by atoms with Gasteiger partial charge in [-0.25, -0.2) is 9.79 Å². The van der Waals surface area contributed by atoms with Gasteiger partial charge in [-0.15, -0.1) is 0 Å². The molecule has 134 valence electrons. The molecule has 0 unspecified atom stereocenters. The van der Waals surface area contributed by atoms with Crippen molar-refractivity contribution in [3.63, 3.8) is 0 Å². The van der Waals surface area contributed by atoms with Crippen LogP contribution in [0.3, 0.4) is 0 Å². The summed E-state index contributed by atoms with van der Waals surface area (Å²) in [5, 5.41) is 2.80. The highest BCUT2D eigenvalue weighted by Crippen LogP contribution is 2.31. The molecule has 26 heavy (non-hydrogen) atoms. The minimum atomic E-state index is -0.422. The van der Waals surface area contributed by atoms with Crippen LogP contribution in [0.2, 0.25) is 0 Å². The van der Waals surface area contributed by atoms with Crippen molar-refractivity contribution in [3.8, 4) is 5.75 Å². The van der Waals surface area contributed by atoms with E-state index in [1.165, 1.54) is 5.56 Å². The first kappa shape index (κ1) is 16.4. The molecule has 1 N–H and O–H groups in total. The molecule has 2 heterocycles. The van der Waals surface area contributed by atoms with Gasteiger partial charge in [0.15, 0.2) is 6.10 Å². The third-order valence-corrected chi connectivity index (χ3v) is 4.71. The Kier molecular flexibility index (Phi) is 4.48. The van der Waals surface area contributed by atoms with Gasteiger partial charge in [-0.1, -0.05) is 30.3 Å². The highest BCUT2D eigenvalue weighted by Gasteiger charge is 2.35. The number of carbonyl (C=O) groups excluding carboxylic acids is 1.